The second-order valence-corrected chi connectivity index (χ2v) is 11.4. The molecular formula is C27H30IN3O4S. The van der Waals surface area contributed by atoms with Gasteiger partial charge >= 0.3 is 0 Å². The number of carbonyl (C=O) groups is 2. The minimum Gasteiger partial charge on any atom is -0.355 e. The van der Waals surface area contributed by atoms with Gasteiger partial charge in [0.1, 0.15) is 12.6 Å². The lowest BCUT2D eigenvalue weighted by Gasteiger charge is -2.32. The van der Waals surface area contributed by atoms with Gasteiger partial charge < -0.3 is 10.2 Å². The Morgan fingerprint density at radius 3 is 2.17 bits per heavy atom. The summed E-state index contributed by atoms with van der Waals surface area (Å²) in [4.78, 5) is 28.0. The Balaban J connectivity index is 2.02. The third kappa shape index (κ3) is 6.64. The number of amides is 2. The highest BCUT2D eigenvalue weighted by molar-refractivity contribution is 14.1. The zero-order valence-electron chi connectivity index (χ0n) is 20.5. The van der Waals surface area contributed by atoms with Crippen molar-refractivity contribution in [2.24, 2.45) is 0 Å². The molecule has 0 aromatic heterocycles. The zero-order valence-corrected chi connectivity index (χ0v) is 23.5. The number of sulfonamides is 1. The summed E-state index contributed by atoms with van der Waals surface area (Å²) in [5, 5.41) is 2.76. The number of nitrogens with zero attached hydrogens (tertiary/aromatic N) is 2. The number of hydrogen-bond donors (Lipinski definition) is 1. The number of likely N-dealkylation sites (N-methyl/N-ethyl adjacent to an activating group) is 1. The first-order chi connectivity index (χ1) is 17.1. The van der Waals surface area contributed by atoms with E-state index >= 15 is 0 Å². The summed E-state index contributed by atoms with van der Waals surface area (Å²) in [7, 11) is -4.05. The lowest BCUT2D eigenvalue weighted by atomic mass is 10.1. The van der Waals surface area contributed by atoms with Crippen molar-refractivity contribution in [2.75, 3.05) is 17.4 Å². The molecule has 0 unspecified atom stereocenters. The summed E-state index contributed by atoms with van der Waals surface area (Å²) < 4.78 is 29.4. The number of halogens is 1. The highest BCUT2D eigenvalue weighted by Crippen LogP contribution is 2.25. The fraction of sp³-hybridized carbons (Fsp3) is 0.259. The molecule has 0 aliphatic carbocycles. The van der Waals surface area contributed by atoms with Crippen LogP contribution in [0, 0.1) is 10.5 Å². The van der Waals surface area contributed by atoms with Crippen LogP contribution in [-0.2, 0) is 26.2 Å². The zero-order chi connectivity index (χ0) is 26.3. The standard InChI is InChI=1S/C27H30IN3O4S/c1-4-29-27(33)21(3)30(18-22-11-9-8-10-20(22)2)26(32)19-31(24-16-14-23(28)15-17-24)36(34,35)25-12-6-5-7-13-25/h5-17,21H,4,18-19H2,1-3H3,(H,29,33)/t21-/m1/s1. The van der Waals surface area contributed by atoms with Crippen LogP contribution < -0.4 is 9.62 Å². The van der Waals surface area contributed by atoms with Crippen molar-refractivity contribution in [3.8, 4) is 0 Å². The van der Waals surface area contributed by atoms with Crippen molar-refractivity contribution in [1.29, 1.82) is 0 Å². The molecule has 0 spiro atoms. The lowest BCUT2D eigenvalue weighted by molar-refractivity contribution is -0.139. The maximum Gasteiger partial charge on any atom is 0.264 e. The number of rotatable bonds is 10. The highest BCUT2D eigenvalue weighted by Gasteiger charge is 2.32. The summed E-state index contributed by atoms with van der Waals surface area (Å²) in [5.41, 5.74) is 2.23. The molecule has 7 nitrogen and oxygen atoms in total. The molecule has 0 aliphatic rings. The van der Waals surface area contributed by atoms with Gasteiger partial charge in [-0.05, 0) is 90.9 Å². The molecule has 190 valence electrons. The predicted molar refractivity (Wildman–Crippen MR) is 150 cm³/mol. The summed E-state index contributed by atoms with van der Waals surface area (Å²) in [6, 6.07) is 21.8. The van der Waals surface area contributed by atoms with Gasteiger partial charge in [-0.1, -0.05) is 42.5 Å². The molecule has 0 radical (unpaired) electrons. The van der Waals surface area contributed by atoms with Gasteiger partial charge in [0.25, 0.3) is 10.0 Å². The van der Waals surface area contributed by atoms with E-state index in [2.05, 4.69) is 27.9 Å². The van der Waals surface area contributed by atoms with Gasteiger partial charge in [0.05, 0.1) is 10.6 Å². The van der Waals surface area contributed by atoms with Gasteiger partial charge in [-0.25, -0.2) is 8.42 Å². The third-order valence-corrected chi connectivity index (χ3v) is 8.35. The summed E-state index contributed by atoms with van der Waals surface area (Å²) in [5.74, 6) is -0.777. The molecule has 0 aliphatic heterocycles. The second kappa shape index (κ2) is 12.4. The van der Waals surface area contributed by atoms with E-state index in [1.165, 1.54) is 17.0 Å². The van der Waals surface area contributed by atoms with E-state index in [1.54, 1.807) is 49.4 Å². The Labute approximate surface area is 226 Å². The first-order valence-corrected chi connectivity index (χ1v) is 14.1. The van der Waals surface area contributed by atoms with Crippen LogP contribution >= 0.6 is 22.6 Å². The van der Waals surface area contributed by atoms with E-state index in [0.717, 1.165) is 19.0 Å². The third-order valence-electron chi connectivity index (χ3n) is 5.84. The molecular weight excluding hydrogens is 589 g/mol. The largest absolute Gasteiger partial charge is 0.355 e. The average molecular weight is 620 g/mol. The first-order valence-electron chi connectivity index (χ1n) is 11.6. The first kappa shape index (κ1) is 27.7. The van der Waals surface area contributed by atoms with Crippen LogP contribution in [0.2, 0.25) is 0 Å². The summed E-state index contributed by atoms with van der Waals surface area (Å²) >= 11 is 2.14. The number of carbonyl (C=O) groups excluding carboxylic acids is 2. The van der Waals surface area contributed by atoms with E-state index in [4.69, 9.17) is 0 Å². The van der Waals surface area contributed by atoms with Gasteiger partial charge in [-0.2, -0.15) is 0 Å². The molecule has 9 heteroatoms. The molecule has 36 heavy (non-hydrogen) atoms. The van der Waals surface area contributed by atoms with E-state index in [-0.39, 0.29) is 17.3 Å². The predicted octanol–water partition coefficient (Wildman–Crippen LogP) is 4.35. The van der Waals surface area contributed by atoms with E-state index < -0.39 is 28.5 Å². The summed E-state index contributed by atoms with van der Waals surface area (Å²) in [6.45, 7) is 5.55. The van der Waals surface area contributed by atoms with Crippen LogP contribution in [0.3, 0.4) is 0 Å². The molecule has 3 rings (SSSR count). The average Bonchev–Trinajstić information content (AvgIpc) is 2.87. The van der Waals surface area contributed by atoms with Crippen LogP contribution in [0.5, 0.6) is 0 Å². The van der Waals surface area contributed by atoms with Crippen LogP contribution in [-0.4, -0.2) is 44.3 Å². The quantitative estimate of drug-likeness (QED) is 0.342. The van der Waals surface area contributed by atoms with Gasteiger partial charge in [0.15, 0.2) is 0 Å². The van der Waals surface area contributed by atoms with Crippen LogP contribution in [0.1, 0.15) is 25.0 Å². The number of benzene rings is 3. The number of aryl methyl sites for hydroxylation is 1. The van der Waals surface area contributed by atoms with Crippen LogP contribution in [0.4, 0.5) is 5.69 Å². The Hall–Kier alpha value is -2.92. The minimum absolute atomic E-state index is 0.0820. The van der Waals surface area contributed by atoms with Crippen LogP contribution in [0.25, 0.3) is 0 Å². The Morgan fingerprint density at radius 2 is 1.56 bits per heavy atom. The summed E-state index contributed by atoms with van der Waals surface area (Å²) in [6.07, 6.45) is 0. The maximum atomic E-state index is 13.8. The maximum absolute atomic E-state index is 13.8. The molecule has 0 saturated heterocycles. The minimum atomic E-state index is -4.05. The van der Waals surface area contributed by atoms with Crippen molar-refractivity contribution in [2.45, 2.75) is 38.3 Å². The van der Waals surface area contributed by atoms with Crippen molar-refractivity contribution in [3.05, 3.63) is 93.6 Å². The van der Waals surface area contributed by atoms with E-state index in [9.17, 15) is 18.0 Å². The van der Waals surface area contributed by atoms with Crippen molar-refractivity contribution < 1.29 is 18.0 Å². The monoisotopic (exact) mass is 619 g/mol. The van der Waals surface area contributed by atoms with Gasteiger partial charge in [-0.3, -0.25) is 13.9 Å². The normalized spacial score (nSPS) is 12.0. The fourth-order valence-electron chi connectivity index (χ4n) is 3.73. The number of nitrogens with one attached hydrogen (secondary N) is 1. The number of hydrogen-bond acceptors (Lipinski definition) is 4. The lowest BCUT2D eigenvalue weighted by Crippen LogP contribution is -2.51. The van der Waals surface area contributed by atoms with E-state index in [0.29, 0.717) is 12.2 Å². The molecule has 3 aromatic rings. The van der Waals surface area contributed by atoms with Crippen molar-refractivity contribution in [1.82, 2.24) is 10.2 Å². The molecule has 0 heterocycles. The van der Waals surface area contributed by atoms with Gasteiger partial charge in [0, 0.05) is 16.7 Å². The Kier molecular flexibility index (Phi) is 9.49. The van der Waals surface area contributed by atoms with Crippen LogP contribution in [0.15, 0.2) is 83.8 Å². The highest BCUT2D eigenvalue weighted by atomic mass is 127. The molecule has 1 N–H and O–H groups in total. The van der Waals surface area contributed by atoms with E-state index in [1.807, 2.05) is 38.1 Å². The Morgan fingerprint density at radius 1 is 0.944 bits per heavy atom. The molecule has 2 amide bonds. The smallest absolute Gasteiger partial charge is 0.264 e. The topological polar surface area (TPSA) is 86.8 Å². The van der Waals surface area contributed by atoms with Crippen molar-refractivity contribution >= 4 is 50.1 Å². The fourth-order valence-corrected chi connectivity index (χ4v) is 5.53. The molecule has 3 aromatic carbocycles. The van der Waals surface area contributed by atoms with Gasteiger partial charge in [0.2, 0.25) is 11.8 Å². The molecule has 1 atom stereocenters. The second-order valence-electron chi connectivity index (χ2n) is 8.32. The number of anilines is 1. The molecule has 0 bridgehead atoms. The SMILES string of the molecule is CCNC(=O)[C@@H](C)N(Cc1ccccc1C)C(=O)CN(c1ccc(I)cc1)S(=O)(=O)c1ccccc1. The van der Waals surface area contributed by atoms with Gasteiger partial charge in [-0.15, -0.1) is 0 Å². The molecule has 0 saturated carbocycles. The van der Waals surface area contributed by atoms with Crippen molar-refractivity contribution in [3.63, 3.8) is 0 Å². The Bertz CT molecular complexity index is 1300. The molecule has 0 fully saturated rings.